The van der Waals surface area contributed by atoms with Gasteiger partial charge in [0.1, 0.15) is 6.54 Å². The third-order valence-corrected chi connectivity index (χ3v) is 2.41. The van der Waals surface area contributed by atoms with E-state index in [1.54, 1.807) is 32.2 Å². The molecular weight excluding hydrogens is 220 g/mol. The van der Waals surface area contributed by atoms with E-state index >= 15 is 0 Å². The molecule has 0 radical (unpaired) electrons. The van der Waals surface area contributed by atoms with E-state index < -0.39 is 6.10 Å². The molecule has 1 unspecified atom stereocenters. The molecule has 2 N–H and O–H groups in total. The predicted octanol–water partition coefficient (Wildman–Crippen LogP) is 0.0438. The maximum Gasteiger partial charge on any atom is 0.253 e. The lowest BCUT2D eigenvalue weighted by molar-refractivity contribution is -0.121. The standard InChI is InChI=1S/C12H18N2O3/c1-9-4-3-7-14(12(9)17)8-11(16)13-6-5-10(2)15/h3-4,7,10,15H,5-6,8H2,1-2H3,(H,13,16). The summed E-state index contributed by atoms with van der Waals surface area (Å²) in [4.78, 5) is 23.1. The lowest BCUT2D eigenvalue weighted by Crippen LogP contribution is -2.33. The smallest absolute Gasteiger partial charge is 0.253 e. The number of carbonyl (C=O) groups excluding carboxylic acids is 1. The highest BCUT2D eigenvalue weighted by molar-refractivity contribution is 5.75. The fourth-order valence-corrected chi connectivity index (χ4v) is 1.41. The number of pyridine rings is 1. The van der Waals surface area contributed by atoms with E-state index in [2.05, 4.69) is 5.32 Å². The molecule has 1 amide bonds. The van der Waals surface area contributed by atoms with Crippen LogP contribution in [0.5, 0.6) is 0 Å². The van der Waals surface area contributed by atoms with Crippen LogP contribution in [-0.2, 0) is 11.3 Å². The number of aliphatic hydroxyl groups is 1. The van der Waals surface area contributed by atoms with Gasteiger partial charge in [0, 0.05) is 18.3 Å². The summed E-state index contributed by atoms with van der Waals surface area (Å²) in [5.74, 6) is -0.224. The van der Waals surface area contributed by atoms with Gasteiger partial charge in [-0.1, -0.05) is 6.07 Å². The molecule has 0 aliphatic rings. The zero-order valence-corrected chi connectivity index (χ0v) is 10.1. The molecule has 0 saturated heterocycles. The van der Waals surface area contributed by atoms with Crippen LogP contribution in [0, 0.1) is 6.92 Å². The average molecular weight is 238 g/mol. The van der Waals surface area contributed by atoms with Crippen molar-refractivity contribution in [2.75, 3.05) is 6.54 Å². The molecule has 1 heterocycles. The van der Waals surface area contributed by atoms with Crippen molar-refractivity contribution >= 4 is 5.91 Å². The van der Waals surface area contributed by atoms with E-state index in [4.69, 9.17) is 5.11 Å². The van der Waals surface area contributed by atoms with E-state index in [1.165, 1.54) is 4.57 Å². The summed E-state index contributed by atoms with van der Waals surface area (Å²) in [6.07, 6.45) is 1.66. The van der Waals surface area contributed by atoms with Crippen molar-refractivity contribution in [2.45, 2.75) is 32.9 Å². The van der Waals surface area contributed by atoms with Gasteiger partial charge in [0.25, 0.3) is 5.56 Å². The molecule has 94 valence electrons. The topological polar surface area (TPSA) is 71.3 Å². The summed E-state index contributed by atoms with van der Waals surface area (Å²) in [6.45, 7) is 3.80. The van der Waals surface area contributed by atoms with Crippen LogP contribution in [-0.4, -0.2) is 28.2 Å². The Bertz CT molecular complexity index is 438. The van der Waals surface area contributed by atoms with Gasteiger partial charge in [0.2, 0.25) is 5.91 Å². The molecule has 0 saturated carbocycles. The lowest BCUT2D eigenvalue weighted by atomic mass is 10.3. The minimum atomic E-state index is -0.433. The second-order valence-corrected chi connectivity index (χ2v) is 4.11. The largest absolute Gasteiger partial charge is 0.393 e. The summed E-state index contributed by atoms with van der Waals surface area (Å²) >= 11 is 0. The van der Waals surface area contributed by atoms with E-state index in [9.17, 15) is 9.59 Å². The Morgan fingerprint density at radius 2 is 2.29 bits per heavy atom. The van der Waals surface area contributed by atoms with Gasteiger partial charge < -0.3 is 15.0 Å². The van der Waals surface area contributed by atoms with Crippen molar-refractivity contribution in [3.05, 3.63) is 34.2 Å². The molecule has 1 atom stereocenters. The number of amides is 1. The van der Waals surface area contributed by atoms with Crippen molar-refractivity contribution in [2.24, 2.45) is 0 Å². The summed E-state index contributed by atoms with van der Waals surface area (Å²) in [7, 11) is 0. The number of aliphatic hydroxyl groups excluding tert-OH is 1. The van der Waals surface area contributed by atoms with Crippen LogP contribution in [0.1, 0.15) is 18.9 Å². The zero-order valence-electron chi connectivity index (χ0n) is 10.1. The molecule has 17 heavy (non-hydrogen) atoms. The van der Waals surface area contributed by atoms with E-state index in [0.29, 0.717) is 18.5 Å². The van der Waals surface area contributed by atoms with Crippen LogP contribution in [0.25, 0.3) is 0 Å². The molecule has 0 spiro atoms. The number of rotatable bonds is 5. The molecule has 0 aromatic carbocycles. The molecule has 0 aliphatic heterocycles. The average Bonchev–Trinajstić information content (AvgIpc) is 2.24. The first-order valence-electron chi connectivity index (χ1n) is 5.61. The number of aromatic nitrogens is 1. The Balaban J connectivity index is 2.51. The Labute approximate surface area is 100 Å². The molecule has 5 heteroatoms. The Hall–Kier alpha value is -1.62. The molecule has 0 fully saturated rings. The first kappa shape index (κ1) is 13.4. The Kier molecular flexibility index (Phi) is 4.90. The Morgan fingerprint density at radius 3 is 2.94 bits per heavy atom. The van der Waals surface area contributed by atoms with Gasteiger partial charge in [-0.15, -0.1) is 0 Å². The van der Waals surface area contributed by atoms with Crippen molar-refractivity contribution in [3.63, 3.8) is 0 Å². The number of nitrogens with zero attached hydrogens (tertiary/aromatic N) is 1. The van der Waals surface area contributed by atoms with Gasteiger partial charge in [0.05, 0.1) is 6.10 Å². The summed E-state index contributed by atoms with van der Waals surface area (Å²) < 4.78 is 1.37. The van der Waals surface area contributed by atoms with Gasteiger partial charge >= 0.3 is 0 Å². The van der Waals surface area contributed by atoms with Crippen LogP contribution >= 0.6 is 0 Å². The summed E-state index contributed by atoms with van der Waals surface area (Å²) in [5, 5.41) is 11.7. The SMILES string of the molecule is Cc1cccn(CC(=O)NCCC(C)O)c1=O. The minimum absolute atomic E-state index is 0.0142. The summed E-state index contributed by atoms with van der Waals surface area (Å²) in [5.41, 5.74) is 0.461. The number of aryl methyl sites for hydroxylation is 1. The second-order valence-electron chi connectivity index (χ2n) is 4.11. The first-order chi connectivity index (χ1) is 8.00. The predicted molar refractivity (Wildman–Crippen MR) is 64.7 cm³/mol. The Morgan fingerprint density at radius 1 is 1.59 bits per heavy atom. The van der Waals surface area contributed by atoms with Gasteiger partial charge in [0.15, 0.2) is 0 Å². The molecule has 0 aliphatic carbocycles. The normalized spacial score (nSPS) is 12.2. The van der Waals surface area contributed by atoms with Gasteiger partial charge in [-0.2, -0.15) is 0 Å². The first-order valence-corrected chi connectivity index (χ1v) is 5.61. The number of hydrogen-bond donors (Lipinski definition) is 2. The van der Waals surface area contributed by atoms with Crippen LogP contribution in [0.3, 0.4) is 0 Å². The number of nitrogens with one attached hydrogen (secondary N) is 1. The van der Waals surface area contributed by atoms with Crippen molar-refractivity contribution in [1.82, 2.24) is 9.88 Å². The number of carbonyl (C=O) groups is 1. The lowest BCUT2D eigenvalue weighted by Gasteiger charge is -2.08. The highest BCUT2D eigenvalue weighted by atomic mass is 16.3. The van der Waals surface area contributed by atoms with E-state index in [1.807, 2.05) is 0 Å². The van der Waals surface area contributed by atoms with Crippen molar-refractivity contribution < 1.29 is 9.90 Å². The monoisotopic (exact) mass is 238 g/mol. The van der Waals surface area contributed by atoms with E-state index in [-0.39, 0.29) is 18.0 Å². The van der Waals surface area contributed by atoms with Gasteiger partial charge in [-0.05, 0) is 26.3 Å². The maximum absolute atomic E-state index is 11.6. The molecular formula is C12H18N2O3. The minimum Gasteiger partial charge on any atom is -0.393 e. The fourth-order valence-electron chi connectivity index (χ4n) is 1.41. The van der Waals surface area contributed by atoms with Crippen LogP contribution in [0.4, 0.5) is 0 Å². The third-order valence-electron chi connectivity index (χ3n) is 2.41. The fraction of sp³-hybridized carbons (Fsp3) is 0.500. The van der Waals surface area contributed by atoms with Gasteiger partial charge in [-0.3, -0.25) is 9.59 Å². The summed E-state index contributed by atoms with van der Waals surface area (Å²) in [6, 6.07) is 3.45. The van der Waals surface area contributed by atoms with Crippen molar-refractivity contribution in [1.29, 1.82) is 0 Å². The van der Waals surface area contributed by atoms with Crippen LogP contribution < -0.4 is 10.9 Å². The maximum atomic E-state index is 11.6. The molecule has 5 nitrogen and oxygen atoms in total. The van der Waals surface area contributed by atoms with Crippen LogP contribution in [0.2, 0.25) is 0 Å². The van der Waals surface area contributed by atoms with Gasteiger partial charge in [-0.25, -0.2) is 0 Å². The highest BCUT2D eigenvalue weighted by Gasteiger charge is 2.05. The molecule has 1 aromatic rings. The van der Waals surface area contributed by atoms with Crippen LogP contribution in [0.15, 0.2) is 23.1 Å². The molecule has 0 bridgehead atoms. The second kappa shape index (κ2) is 6.20. The quantitative estimate of drug-likeness (QED) is 0.761. The number of hydrogen-bond acceptors (Lipinski definition) is 3. The van der Waals surface area contributed by atoms with Crippen molar-refractivity contribution in [3.8, 4) is 0 Å². The van der Waals surface area contributed by atoms with E-state index in [0.717, 1.165) is 0 Å². The third kappa shape index (κ3) is 4.40. The zero-order chi connectivity index (χ0) is 12.8. The molecule has 1 aromatic heterocycles. The molecule has 1 rings (SSSR count). The highest BCUT2D eigenvalue weighted by Crippen LogP contribution is 1.90.